The van der Waals surface area contributed by atoms with Crippen molar-refractivity contribution >= 4 is 17.6 Å². The number of halogens is 1. The topological polar surface area (TPSA) is 47.6 Å². The highest BCUT2D eigenvalue weighted by molar-refractivity contribution is 6.32. The molecule has 0 bridgehead atoms. The Balaban J connectivity index is 2.15. The van der Waals surface area contributed by atoms with Crippen molar-refractivity contribution in [2.24, 2.45) is 0 Å². The molecule has 0 saturated carbocycles. The summed E-state index contributed by atoms with van der Waals surface area (Å²) in [6.45, 7) is 3.89. The van der Waals surface area contributed by atoms with Crippen molar-refractivity contribution in [1.82, 2.24) is 5.32 Å². The molecule has 0 saturated heterocycles. The number of esters is 1. The lowest BCUT2D eigenvalue weighted by atomic mass is 10.3. The lowest BCUT2D eigenvalue weighted by Gasteiger charge is -2.08. The second kappa shape index (κ2) is 8.78. The zero-order valence-corrected chi connectivity index (χ0v) is 11.2. The van der Waals surface area contributed by atoms with Crippen molar-refractivity contribution in [1.29, 1.82) is 0 Å². The molecule has 100 valence electrons. The molecule has 1 aromatic carbocycles. The molecule has 0 spiro atoms. The second-order valence-electron chi connectivity index (χ2n) is 3.69. The number of hydrogen-bond acceptors (Lipinski definition) is 4. The molecule has 0 aromatic heterocycles. The van der Waals surface area contributed by atoms with E-state index in [1.54, 1.807) is 24.3 Å². The first-order valence-corrected chi connectivity index (χ1v) is 6.35. The van der Waals surface area contributed by atoms with Gasteiger partial charge in [-0.1, -0.05) is 30.7 Å². The minimum atomic E-state index is -0.395. The molecule has 0 atom stereocenters. The third-order valence-corrected chi connectivity index (χ3v) is 2.46. The van der Waals surface area contributed by atoms with Crippen LogP contribution in [0.4, 0.5) is 0 Å². The highest BCUT2D eigenvalue weighted by Gasteiger charge is 2.05. The molecule has 1 aromatic rings. The summed E-state index contributed by atoms with van der Waals surface area (Å²) < 4.78 is 10.2. The van der Waals surface area contributed by atoms with Gasteiger partial charge in [0, 0.05) is 6.54 Å². The van der Waals surface area contributed by atoms with Crippen LogP contribution in [0.5, 0.6) is 5.75 Å². The number of carbonyl (C=O) groups is 1. The van der Waals surface area contributed by atoms with E-state index in [-0.39, 0.29) is 6.61 Å². The average Bonchev–Trinajstić information content (AvgIpc) is 2.37. The maximum absolute atomic E-state index is 11.3. The molecule has 18 heavy (non-hydrogen) atoms. The number of para-hydroxylation sites is 1. The second-order valence-corrected chi connectivity index (χ2v) is 4.10. The van der Waals surface area contributed by atoms with Crippen LogP contribution in [0.15, 0.2) is 24.3 Å². The van der Waals surface area contributed by atoms with E-state index in [1.165, 1.54) is 0 Å². The van der Waals surface area contributed by atoms with Crippen LogP contribution in [0.2, 0.25) is 5.02 Å². The molecule has 4 nitrogen and oxygen atoms in total. The Morgan fingerprint density at radius 3 is 2.83 bits per heavy atom. The first kappa shape index (κ1) is 14.8. The van der Waals surface area contributed by atoms with Crippen molar-refractivity contribution in [3.05, 3.63) is 29.3 Å². The maximum atomic E-state index is 11.3. The van der Waals surface area contributed by atoms with Gasteiger partial charge >= 0.3 is 5.97 Å². The van der Waals surface area contributed by atoms with Gasteiger partial charge in [0.1, 0.15) is 12.4 Å². The Labute approximate surface area is 112 Å². The number of ether oxygens (including phenoxy) is 2. The predicted octanol–water partition coefficient (Wildman–Crippen LogP) is 2.26. The molecular formula is C13H18ClNO3. The monoisotopic (exact) mass is 271 g/mol. The maximum Gasteiger partial charge on any atom is 0.344 e. The average molecular weight is 272 g/mol. The van der Waals surface area contributed by atoms with Crippen LogP contribution in [-0.2, 0) is 9.53 Å². The van der Waals surface area contributed by atoms with E-state index in [9.17, 15) is 4.79 Å². The lowest BCUT2D eigenvalue weighted by molar-refractivity contribution is -0.145. The van der Waals surface area contributed by atoms with E-state index < -0.39 is 5.97 Å². The van der Waals surface area contributed by atoms with E-state index in [2.05, 4.69) is 12.2 Å². The summed E-state index contributed by atoms with van der Waals surface area (Å²) >= 11 is 5.88. The van der Waals surface area contributed by atoms with Gasteiger partial charge in [0.15, 0.2) is 6.61 Å². The number of hydrogen-bond donors (Lipinski definition) is 1. The van der Waals surface area contributed by atoms with Gasteiger partial charge in [-0.15, -0.1) is 0 Å². The van der Waals surface area contributed by atoms with Crippen LogP contribution in [0.1, 0.15) is 13.3 Å². The molecule has 5 heteroatoms. The summed E-state index contributed by atoms with van der Waals surface area (Å²) in [5.41, 5.74) is 0. The first-order chi connectivity index (χ1) is 8.74. The summed E-state index contributed by atoms with van der Waals surface area (Å²) in [5.74, 6) is 0.0912. The Bertz CT molecular complexity index is 371. The highest BCUT2D eigenvalue weighted by atomic mass is 35.5. The molecule has 0 aliphatic rings. The summed E-state index contributed by atoms with van der Waals surface area (Å²) in [4.78, 5) is 11.3. The van der Waals surface area contributed by atoms with Crippen LogP contribution in [0, 0.1) is 0 Å². The fourth-order valence-electron chi connectivity index (χ4n) is 1.28. The third-order valence-electron chi connectivity index (χ3n) is 2.15. The van der Waals surface area contributed by atoms with E-state index in [4.69, 9.17) is 21.1 Å². The zero-order valence-electron chi connectivity index (χ0n) is 10.4. The molecule has 1 N–H and O–H groups in total. The van der Waals surface area contributed by atoms with Gasteiger partial charge in [0.25, 0.3) is 0 Å². The number of rotatable bonds is 8. The minimum absolute atomic E-state index is 0.127. The quantitative estimate of drug-likeness (QED) is 0.582. The van der Waals surface area contributed by atoms with Crippen molar-refractivity contribution in [3.63, 3.8) is 0 Å². The van der Waals surface area contributed by atoms with Gasteiger partial charge < -0.3 is 14.8 Å². The van der Waals surface area contributed by atoms with Gasteiger partial charge in [-0.3, -0.25) is 0 Å². The van der Waals surface area contributed by atoms with Crippen molar-refractivity contribution < 1.29 is 14.3 Å². The molecule has 0 aliphatic carbocycles. The van der Waals surface area contributed by atoms with E-state index >= 15 is 0 Å². The summed E-state index contributed by atoms with van der Waals surface area (Å²) in [5, 5.41) is 3.62. The van der Waals surface area contributed by atoms with Gasteiger partial charge in [0.05, 0.1) is 5.02 Å². The normalized spacial score (nSPS) is 10.1. The summed E-state index contributed by atoms with van der Waals surface area (Å²) in [7, 11) is 0. The largest absolute Gasteiger partial charge is 0.480 e. The molecule has 1 rings (SSSR count). The summed E-state index contributed by atoms with van der Waals surface area (Å²) in [6, 6.07) is 7.00. The smallest absolute Gasteiger partial charge is 0.344 e. The fourth-order valence-corrected chi connectivity index (χ4v) is 1.47. The summed E-state index contributed by atoms with van der Waals surface area (Å²) in [6.07, 6.45) is 1.06. The number of nitrogens with one attached hydrogen (secondary N) is 1. The van der Waals surface area contributed by atoms with Gasteiger partial charge in [-0.25, -0.2) is 4.79 Å². The van der Waals surface area contributed by atoms with Gasteiger partial charge in [-0.05, 0) is 25.1 Å². The fraction of sp³-hybridized carbons (Fsp3) is 0.462. The van der Waals surface area contributed by atoms with Crippen LogP contribution in [0.25, 0.3) is 0 Å². The van der Waals surface area contributed by atoms with Gasteiger partial charge in [0.2, 0.25) is 0 Å². The third kappa shape index (κ3) is 5.89. The molecule has 0 radical (unpaired) electrons. The van der Waals surface area contributed by atoms with Crippen molar-refractivity contribution in [2.75, 3.05) is 26.3 Å². The minimum Gasteiger partial charge on any atom is -0.480 e. The standard InChI is InChI=1S/C13H18ClNO3/c1-2-7-15-8-9-17-13(16)10-18-12-6-4-3-5-11(12)14/h3-6,15H,2,7-10H2,1H3. The van der Waals surface area contributed by atoms with Crippen molar-refractivity contribution in [2.45, 2.75) is 13.3 Å². The highest BCUT2D eigenvalue weighted by Crippen LogP contribution is 2.22. The molecule has 0 heterocycles. The Hall–Kier alpha value is -1.26. The van der Waals surface area contributed by atoms with Crippen LogP contribution < -0.4 is 10.1 Å². The van der Waals surface area contributed by atoms with E-state index in [0.717, 1.165) is 13.0 Å². The predicted molar refractivity (Wildman–Crippen MR) is 71.1 cm³/mol. The van der Waals surface area contributed by atoms with Crippen LogP contribution >= 0.6 is 11.6 Å². The lowest BCUT2D eigenvalue weighted by Crippen LogP contribution is -2.24. The molecular weight excluding hydrogens is 254 g/mol. The number of benzene rings is 1. The SMILES string of the molecule is CCCNCCOC(=O)COc1ccccc1Cl. The molecule has 0 aliphatic heterocycles. The first-order valence-electron chi connectivity index (χ1n) is 5.97. The van der Waals surface area contributed by atoms with Crippen LogP contribution in [0.3, 0.4) is 0 Å². The zero-order chi connectivity index (χ0) is 13.2. The molecule has 0 amide bonds. The Kier molecular flexibility index (Phi) is 7.22. The van der Waals surface area contributed by atoms with Crippen LogP contribution in [-0.4, -0.2) is 32.3 Å². The van der Waals surface area contributed by atoms with Gasteiger partial charge in [-0.2, -0.15) is 0 Å². The molecule has 0 unspecified atom stereocenters. The Morgan fingerprint density at radius 2 is 2.11 bits per heavy atom. The van der Waals surface area contributed by atoms with E-state index in [1.807, 2.05) is 0 Å². The Morgan fingerprint density at radius 1 is 1.33 bits per heavy atom. The van der Waals surface area contributed by atoms with Crippen molar-refractivity contribution in [3.8, 4) is 5.75 Å². The van der Waals surface area contributed by atoms with E-state index in [0.29, 0.717) is 23.9 Å². The molecule has 0 fully saturated rings. The number of carbonyl (C=O) groups excluding carboxylic acids is 1.